The highest BCUT2D eigenvalue weighted by atomic mass is 35.5. The van der Waals surface area contributed by atoms with Crippen LogP contribution in [0.3, 0.4) is 0 Å². The number of rotatable bonds is 1. The molecule has 0 amide bonds. The Hall–Kier alpha value is -0.700. The van der Waals surface area contributed by atoms with Crippen molar-refractivity contribution in [3.05, 3.63) is 12.4 Å². The van der Waals surface area contributed by atoms with Crippen LogP contribution in [0.1, 0.15) is 0 Å². The van der Waals surface area contributed by atoms with Crippen LogP contribution in [-0.4, -0.2) is 17.2 Å². The fourth-order valence-corrected chi connectivity index (χ4v) is 0.388. The Bertz CT molecular complexity index is 126. The molecule has 0 spiro atoms. The molecule has 0 saturated carbocycles. The molecule has 0 aliphatic rings. The Labute approximate surface area is 53.9 Å². The molecule has 4 heteroatoms. The van der Waals surface area contributed by atoms with Gasteiger partial charge in [-0.1, -0.05) is 0 Å². The summed E-state index contributed by atoms with van der Waals surface area (Å²) < 4.78 is 0. The van der Waals surface area contributed by atoms with Crippen LogP contribution in [0.2, 0.25) is 0 Å². The van der Waals surface area contributed by atoms with E-state index in [0.29, 0.717) is 0 Å². The fourth-order valence-electron chi connectivity index (χ4n) is 0.388. The second-order valence-corrected chi connectivity index (χ2v) is 1.24. The van der Waals surface area contributed by atoms with Crippen molar-refractivity contribution in [1.82, 2.24) is 10.2 Å². The van der Waals surface area contributed by atoms with E-state index in [9.17, 15) is 0 Å². The van der Waals surface area contributed by atoms with E-state index >= 15 is 0 Å². The third-order valence-corrected chi connectivity index (χ3v) is 0.787. The molecule has 1 rings (SSSR count). The second-order valence-electron chi connectivity index (χ2n) is 1.24. The lowest BCUT2D eigenvalue weighted by Crippen LogP contribution is -1.81. The molecule has 8 heavy (non-hydrogen) atoms. The van der Waals surface area contributed by atoms with Gasteiger partial charge in [-0.3, -0.25) is 5.10 Å². The first kappa shape index (κ1) is 7.30. The maximum Gasteiger partial charge on any atom is 0.0721 e. The van der Waals surface area contributed by atoms with E-state index in [2.05, 4.69) is 15.5 Å². The van der Waals surface area contributed by atoms with Crippen molar-refractivity contribution >= 4 is 18.1 Å². The minimum Gasteiger partial charge on any atom is -0.386 e. The van der Waals surface area contributed by atoms with E-state index in [0.717, 1.165) is 5.69 Å². The molecule has 0 aliphatic carbocycles. The zero-order chi connectivity index (χ0) is 5.11. The average Bonchev–Trinajstić information content (AvgIpc) is 2.14. The molecule has 0 radical (unpaired) electrons. The third kappa shape index (κ3) is 1.42. The number of nitrogens with one attached hydrogen (secondary N) is 2. The average molecular weight is 134 g/mol. The van der Waals surface area contributed by atoms with Gasteiger partial charge in [0.15, 0.2) is 0 Å². The molecule has 1 heterocycles. The van der Waals surface area contributed by atoms with Gasteiger partial charge in [0.2, 0.25) is 0 Å². The Balaban J connectivity index is 0.000000490. The number of aromatic nitrogens is 2. The predicted octanol–water partition coefficient (Wildman–Crippen LogP) is 0.873. The van der Waals surface area contributed by atoms with E-state index in [-0.39, 0.29) is 12.4 Å². The summed E-state index contributed by atoms with van der Waals surface area (Å²) >= 11 is 0. The highest BCUT2D eigenvalue weighted by Crippen LogP contribution is 1.96. The van der Waals surface area contributed by atoms with E-state index in [1.54, 1.807) is 12.4 Å². The van der Waals surface area contributed by atoms with Gasteiger partial charge >= 0.3 is 0 Å². The minimum absolute atomic E-state index is 0. The molecule has 0 atom stereocenters. The molecule has 3 nitrogen and oxygen atoms in total. The first-order valence-corrected chi connectivity index (χ1v) is 2.10. The molecular weight excluding hydrogens is 126 g/mol. The van der Waals surface area contributed by atoms with Crippen LogP contribution in [0, 0.1) is 0 Å². The number of H-pyrrole nitrogens is 1. The fraction of sp³-hybridized carbons (Fsp3) is 0.250. The van der Waals surface area contributed by atoms with E-state index in [4.69, 9.17) is 0 Å². The van der Waals surface area contributed by atoms with Gasteiger partial charge in [-0.25, -0.2) is 0 Å². The Kier molecular flexibility index (Phi) is 3.03. The van der Waals surface area contributed by atoms with Crippen LogP contribution in [0.4, 0.5) is 5.69 Å². The van der Waals surface area contributed by atoms with Gasteiger partial charge in [-0.2, -0.15) is 5.10 Å². The number of anilines is 1. The number of nitrogens with zero attached hydrogens (tertiary/aromatic N) is 1. The highest BCUT2D eigenvalue weighted by Gasteiger charge is 1.80. The summed E-state index contributed by atoms with van der Waals surface area (Å²) in [6.07, 6.45) is 3.51. The van der Waals surface area contributed by atoms with Gasteiger partial charge in [0.05, 0.1) is 11.9 Å². The Morgan fingerprint density at radius 1 is 1.75 bits per heavy atom. The molecule has 1 aromatic heterocycles. The quantitative estimate of drug-likeness (QED) is 0.597. The number of hydrogen-bond acceptors (Lipinski definition) is 2. The van der Waals surface area contributed by atoms with Gasteiger partial charge in [0, 0.05) is 13.2 Å². The van der Waals surface area contributed by atoms with Gasteiger partial charge in [-0.15, -0.1) is 12.4 Å². The zero-order valence-electron chi connectivity index (χ0n) is 4.51. The lowest BCUT2D eigenvalue weighted by molar-refractivity contribution is 1.09. The monoisotopic (exact) mass is 133 g/mol. The van der Waals surface area contributed by atoms with Crippen LogP contribution in [0.15, 0.2) is 12.4 Å². The molecule has 0 fully saturated rings. The lowest BCUT2D eigenvalue weighted by Gasteiger charge is -1.84. The van der Waals surface area contributed by atoms with E-state index in [1.165, 1.54) is 0 Å². The first-order valence-electron chi connectivity index (χ1n) is 2.10. The Morgan fingerprint density at radius 3 is 2.75 bits per heavy atom. The van der Waals surface area contributed by atoms with Crippen molar-refractivity contribution in [2.45, 2.75) is 0 Å². The number of hydrogen-bond donors (Lipinski definition) is 2. The molecule has 1 aromatic rings. The lowest BCUT2D eigenvalue weighted by atomic mass is 10.6. The normalized spacial score (nSPS) is 7.62. The van der Waals surface area contributed by atoms with Crippen LogP contribution < -0.4 is 5.32 Å². The summed E-state index contributed by atoms with van der Waals surface area (Å²) in [4.78, 5) is 0. The van der Waals surface area contributed by atoms with Gasteiger partial charge < -0.3 is 5.32 Å². The summed E-state index contributed by atoms with van der Waals surface area (Å²) in [7, 11) is 1.85. The van der Waals surface area contributed by atoms with Gasteiger partial charge in [0.1, 0.15) is 0 Å². The van der Waals surface area contributed by atoms with Crippen molar-refractivity contribution in [2.75, 3.05) is 12.4 Å². The van der Waals surface area contributed by atoms with Gasteiger partial charge in [-0.05, 0) is 0 Å². The third-order valence-electron chi connectivity index (χ3n) is 0.787. The standard InChI is InChI=1S/C4H7N3.ClH/c1-5-4-2-6-7-3-4;/h2-3,5H,1H3,(H,6,7);1H. The summed E-state index contributed by atoms with van der Waals surface area (Å²) in [5, 5.41) is 9.29. The van der Waals surface area contributed by atoms with Crippen LogP contribution >= 0.6 is 12.4 Å². The molecule has 0 unspecified atom stereocenters. The summed E-state index contributed by atoms with van der Waals surface area (Å²) in [6, 6.07) is 0. The van der Waals surface area contributed by atoms with Crippen molar-refractivity contribution < 1.29 is 0 Å². The number of aromatic amines is 1. The maximum absolute atomic E-state index is 3.71. The van der Waals surface area contributed by atoms with Crippen molar-refractivity contribution in [3.8, 4) is 0 Å². The van der Waals surface area contributed by atoms with Crippen LogP contribution in [0.25, 0.3) is 0 Å². The molecule has 0 aliphatic heterocycles. The molecule has 0 bridgehead atoms. The highest BCUT2D eigenvalue weighted by molar-refractivity contribution is 5.85. The van der Waals surface area contributed by atoms with E-state index < -0.39 is 0 Å². The van der Waals surface area contributed by atoms with Crippen LogP contribution in [-0.2, 0) is 0 Å². The SMILES string of the molecule is CNc1cn[nH]c1.Cl. The number of halogens is 1. The maximum atomic E-state index is 3.71. The second kappa shape index (κ2) is 3.32. The Morgan fingerprint density at radius 2 is 2.50 bits per heavy atom. The predicted molar refractivity (Wildman–Crippen MR) is 35.4 cm³/mol. The zero-order valence-corrected chi connectivity index (χ0v) is 5.33. The first-order chi connectivity index (χ1) is 3.43. The van der Waals surface area contributed by atoms with Crippen molar-refractivity contribution in [1.29, 1.82) is 0 Å². The molecule has 0 aromatic carbocycles. The largest absolute Gasteiger partial charge is 0.386 e. The summed E-state index contributed by atoms with van der Waals surface area (Å²) in [6.45, 7) is 0. The topological polar surface area (TPSA) is 40.7 Å². The molecule has 0 saturated heterocycles. The summed E-state index contributed by atoms with van der Waals surface area (Å²) in [5.41, 5.74) is 1.01. The minimum atomic E-state index is 0. The van der Waals surface area contributed by atoms with Gasteiger partial charge in [0.25, 0.3) is 0 Å². The smallest absolute Gasteiger partial charge is 0.0721 e. The molecule has 46 valence electrons. The van der Waals surface area contributed by atoms with Crippen molar-refractivity contribution in [2.24, 2.45) is 0 Å². The summed E-state index contributed by atoms with van der Waals surface area (Å²) in [5.74, 6) is 0. The van der Waals surface area contributed by atoms with Crippen molar-refractivity contribution in [3.63, 3.8) is 0 Å². The van der Waals surface area contributed by atoms with E-state index in [1.807, 2.05) is 7.05 Å². The molecule has 2 N–H and O–H groups in total. The molecular formula is C4H8ClN3. The van der Waals surface area contributed by atoms with Crippen LogP contribution in [0.5, 0.6) is 0 Å².